The highest BCUT2D eigenvalue weighted by molar-refractivity contribution is 7.91. The van der Waals surface area contributed by atoms with Crippen LogP contribution in [-0.2, 0) is 24.2 Å². The topological polar surface area (TPSA) is 103 Å². The van der Waals surface area contributed by atoms with E-state index in [4.69, 9.17) is 14.2 Å². The molecule has 0 bridgehead atoms. The van der Waals surface area contributed by atoms with Crippen molar-refractivity contribution in [3.8, 4) is 0 Å². The molecule has 0 aliphatic carbocycles. The molecule has 2 aliphatic heterocycles. The maximum atomic E-state index is 12.5. The van der Waals surface area contributed by atoms with Gasteiger partial charge >= 0.3 is 6.09 Å². The summed E-state index contributed by atoms with van der Waals surface area (Å²) in [6.45, 7) is 0.278. The molecule has 3 heterocycles. The fourth-order valence-corrected chi connectivity index (χ4v) is 6.19. The molecule has 0 saturated carbocycles. The lowest BCUT2D eigenvalue weighted by molar-refractivity contribution is 0.00884. The van der Waals surface area contributed by atoms with Crippen molar-refractivity contribution >= 4 is 43.9 Å². The molecule has 1 amide bonds. The summed E-state index contributed by atoms with van der Waals surface area (Å²) in [6, 6.07) is 16.0. The first-order valence-corrected chi connectivity index (χ1v) is 12.1. The Hall–Kier alpha value is -2.50. The first-order chi connectivity index (χ1) is 15.0. The van der Waals surface area contributed by atoms with Gasteiger partial charge in [0.2, 0.25) is 10.0 Å². The summed E-state index contributed by atoms with van der Waals surface area (Å²) in [6.07, 6.45) is -2.30. The molecule has 3 aromatic rings. The molecule has 2 aliphatic rings. The minimum Gasteiger partial charge on any atom is -0.441 e. The summed E-state index contributed by atoms with van der Waals surface area (Å²) in [4.78, 5) is 12.5. The van der Waals surface area contributed by atoms with Gasteiger partial charge < -0.3 is 14.2 Å². The van der Waals surface area contributed by atoms with Crippen molar-refractivity contribution in [3.05, 3.63) is 60.0 Å². The van der Waals surface area contributed by atoms with Gasteiger partial charge in [-0.05, 0) is 22.9 Å². The molecule has 0 radical (unpaired) electrons. The van der Waals surface area contributed by atoms with Crippen molar-refractivity contribution in [2.75, 3.05) is 18.5 Å². The van der Waals surface area contributed by atoms with Gasteiger partial charge in [-0.3, -0.25) is 5.32 Å². The van der Waals surface area contributed by atoms with Crippen molar-refractivity contribution in [2.24, 2.45) is 0 Å². The van der Waals surface area contributed by atoms with Gasteiger partial charge in [-0.15, -0.1) is 11.3 Å². The van der Waals surface area contributed by atoms with Crippen LogP contribution in [0.15, 0.2) is 64.2 Å². The monoisotopic (exact) mass is 460 g/mol. The van der Waals surface area contributed by atoms with Crippen LogP contribution in [0.25, 0.3) is 10.8 Å². The fraction of sp³-hybridized carbons (Fsp3) is 0.286. The van der Waals surface area contributed by atoms with Crippen LogP contribution in [0.3, 0.4) is 0 Å². The highest BCUT2D eigenvalue weighted by Crippen LogP contribution is 2.31. The number of rotatable bonds is 5. The third kappa shape index (κ3) is 4.04. The highest BCUT2D eigenvalue weighted by atomic mass is 32.2. The number of ether oxygens (including phenoxy) is 3. The van der Waals surface area contributed by atoms with Crippen molar-refractivity contribution in [2.45, 2.75) is 28.6 Å². The zero-order valence-electron chi connectivity index (χ0n) is 16.3. The number of thiophene rings is 1. The second-order valence-electron chi connectivity index (χ2n) is 7.35. The molecule has 4 atom stereocenters. The lowest BCUT2D eigenvalue weighted by atomic mass is 10.1. The van der Waals surface area contributed by atoms with Crippen LogP contribution in [-0.4, -0.2) is 52.1 Å². The first kappa shape index (κ1) is 20.4. The van der Waals surface area contributed by atoms with Crippen molar-refractivity contribution < 1.29 is 27.4 Å². The number of sulfonamides is 1. The van der Waals surface area contributed by atoms with E-state index in [0.29, 0.717) is 5.69 Å². The van der Waals surface area contributed by atoms with Crippen LogP contribution < -0.4 is 10.0 Å². The van der Waals surface area contributed by atoms with Crippen LogP contribution in [0.4, 0.5) is 10.5 Å². The minimum atomic E-state index is -3.65. The number of amides is 1. The van der Waals surface area contributed by atoms with Gasteiger partial charge in [-0.1, -0.05) is 42.5 Å². The molecule has 2 fully saturated rings. The van der Waals surface area contributed by atoms with E-state index >= 15 is 0 Å². The van der Waals surface area contributed by atoms with E-state index in [0.717, 1.165) is 22.1 Å². The molecular formula is C21H20N2O6S2. The van der Waals surface area contributed by atoms with Crippen LogP contribution >= 0.6 is 11.3 Å². The number of anilines is 1. The van der Waals surface area contributed by atoms with Gasteiger partial charge in [0, 0.05) is 5.39 Å². The quantitative estimate of drug-likeness (QED) is 0.607. The zero-order chi connectivity index (χ0) is 21.4. The molecule has 2 N–H and O–H groups in total. The molecular weight excluding hydrogens is 440 g/mol. The van der Waals surface area contributed by atoms with E-state index in [1.54, 1.807) is 23.6 Å². The number of carbonyl (C=O) groups is 1. The molecule has 0 spiro atoms. The number of nitrogens with one attached hydrogen (secondary N) is 2. The lowest BCUT2D eigenvalue weighted by Gasteiger charge is -2.18. The predicted molar refractivity (Wildman–Crippen MR) is 116 cm³/mol. The van der Waals surface area contributed by atoms with Gasteiger partial charge in [0.25, 0.3) is 0 Å². The maximum Gasteiger partial charge on any atom is 0.412 e. The van der Waals surface area contributed by atoms with Crippen molar-refractivity contribution in [1.82, 2.24) is 4.72 Å². The van der Waals surface area contributed by atoms with Gasteiger partial charge in [-0.25, -0.2) is 17.9 Å². The Bertz CT molecular complexity index is 1190. The Morgan fingerprint density at radius 2 is 1.81 bits per heavy atom. The van der Waals surface area contributed by atoms with Gasteiger partial charge in [0.1, 0.15) is 16.4 Å². The van der Waals surface area contributed by atoms with Gasteiger partial charge in [-0.2, -0.15) is 0 Å². The standard InChI is InChI=1S/C21H20N2O6S2/c24-21(22-15-8-3-6-13-5-1-2-7-14(13)15)29-17-12-28-19-16(11-27-20(17)19)23-31(25,26)18-9-4-10-30-18/h1-10,16-17,19-20,23H,11-12H2,(H,22,24)/t16-,17+,19+,20+/m0/s1. The third-order valence-electron chi connectivity index (χ3n) is 5.36. The van der Waals surface area contributed by atoms with E-state index in [-0.39, 0.29) is 17.4 Å². The third-order valence-corrected chi connectivity index (χ3v) is 8.25. The SMILES string of the molecule is O=C(Nc1cccc2ccccc12)O[C@@H]1CO[C@H]2[C@@H]1OC[C@@H]2NS(=O)(=O)c1cccs1. The molecule has 31 heavy (non-hydrogen) atoms. The lowest BCUT2D eigenvalue weighted by Crippen LogP contribution is -2.44. The van der Waals surface area contributed by atoms with Gasteiger partial charge in [0.05, 0.1) is 24.9 Å². The Labute approximate surface area is 183 Å². The van der Waals surface area contributed by atoms with E-state index in [1.807, 2.05) is 36.4 Å². The Morgan fingerprint density at radius 1 is 1.00 bits per heavy atom. The Balaban J connectivity index is 1.23. The van der Waals surface area contributed by atoms with Crippen LogP contribution in [0.1, 0.15) is 0 Å². The van der Waals surface area contributed by atoms with E-state index in [1.165, 1.54) is 0 Å². The number of benzene rings is 2. The van der Waals surface area contributed by atoms with Gasteiger partial charge in [0.15, 0.2) is 6.10 Å². The van der Waals surface area contributed by atoms with E-state index < -0.39 is 40.5 Å². The Morgan fingerprint density at radius 3 is 2.65 bits per heavy atom. The minimum absolute atomic E-state index is 0.134. The summed E-state index contributed by atoms with van der Waals surface area (Å²) in [7, 11) is -3.65. The molecule has 0 unspecified atom stereocenters. The molecule has 2 saturated heterocycles. The smallest absolute Gasteiger partial charge is 0.412 e. The molecule has 1 aromatic heterocycles. The van der Waals surface area contributed by atoms with Crippen LogP contribution in [0.5, 0.6) is 0 Å². The van der Waals surface area contributed by atoms with Crippen LogP contribution in [0.2, 0.25) is 0 Å². The average molecular weight is 461 g/mol. The fourth-order valence-electron chi connectivity index (χ4n) is 3.95. The second-order valence-corrected chi connectivity index (χ2v) is 10.2. The molecule has 10 heteroatoms. The molecule has 162 valence electrons. The van der Waals surface area contributed by atoms with E-state index in [9.17, 15) is 13.2 Å². The summed E-state index contributed by atoms with van der Waals surface area (Å²) in [5, 5.41) is 6.39. The predicted octanol–water partition coefficient (Wildman–Crippen LogP) is 2.96. The molecule has 5 rings (SSSR count). The number of hydrogen-bond donors (Lipinski definition) is 2. The summed E-state index contributed by atoms with van der Waals surface area (Å²) in [5.41, 5.74) is 0.646. The Kier molecular flexibility index (Phi) is 5.40. The zero-order valence-corrected chi connectivity index (χ0v) is 17.9. The maximum absolute atomic E-state index is 12.5. The summed E-state index contributed by atoms with van der Waals surface area (Å²) in [5.74, 6) is 0. The highest BCUT2D eigenvalue weighted by Gasteiger charge is 2.50. The van der Waals surface area contributed by atoms with Crippen molar-refractivity contribution in [1.29, 1.82) is 0 Å². The average Bonchev–Trinajstić information content (AvgIpc) is 3.49. The molecule has 8 nitrogen and oxygen atoms in total. The van der Waals surface area contributed by atoms with E-state index in [2.05, 4.69) is 10.0 Å². The number of fused-ring (bicyclic) bond motifs is 2. The first-order valence-electron chi connectivity index (χ1n) is 9.76. The van der Waals surface area contributed by atoms with Crippen molar-refractivity contribution in [3.63, 3.8) is 0 Å². The number of carbonyl (C=O) groups excluding carboxylic acids is 1. The largest absolute Gasteiger partial charge is 0.441 e. The molecule has 2 aromatic carbocycles. The number of hydrogen-bond acceptors (Lipinski definition) is 7. The van der Waals surface area contributed by atoms with Crippen LogP contribution in [0, 0.1) is 0 Å². The second kappa shape index (κ2) is 8.21. The summed E-state index contributed by atoms with van der Waals surface area (Å²) >= 11 is 1.14. The normalized spacial score (nSPS) is 25.4. The summed E-state index contributed by atoms with van der Waals surface area (Å²) < 4.78 is 44.9.